The molecular formula is C14H21N3. The molecule has 0 aromatic carbocycles. The van der Waals surface area contributed by atoms with E-state index < -0.39 is 0 Å². The van der Waals surface area contributed by atoms with Gasteiger partial charge in [-0.1, -0.05) is 0 Å². The third-order valence-electron chi connectivity index (χ3n) is 4.16. The van der Waals surface area contributed by atoms with E-state index in [-0.39, 0.29) is 0 Å². The maximum atomic E-state index is 4.05. The number of hydrogen-bond donors (Lipinski definition) is 1. The Bertz CT molecular complexity index is 352. The van der Waals surface area contributed by atoms with Crippen LogP contribution >= 0.6 is 0 Å². The topological polar surface area (TPSA) is 28.2 Å². The highest BCUT2D eigenvalue weighted by Gasteiger charge is 2.31. The fraction of sp³-hybridized carbons (Fsp3) is 0.643. The fourth-order valence-electron chi connectivity index (χ4n) is 3.17. The van der Waals surface area contributed by atoms with Gasteiger partial charge in [0, 0.05) is 31.0 Å². The molecule has 3 rings (SSSR count). The van der Waals surface area contributed by atoms with Gasteiger partial charge in [0.25, 0.3) is 0 Å². The molecule has 3 nitrogen and oxygen atoms in total. The van der Waals surface area contributed by atoms with Gasteiger partial charge < -0.3 is 10.2 Å². The predicted molar refractivity (Wildman–Crippen MR) is 68.7 cm³/mol. The summed E-state index contributed by atoms with van der Waals surface area (Å²) in [7, 11) is 0. The molecule has 0 saturated carbocycles. The number of rotatable bonds is 3. The normalized spacial score (nSPS) is 29.2. The molecule has 0 spiro atoms. The van der Waals surface area contributed by atoms with Gasteiger partial charge in [-0.2, -0.15) is 0 Å². The van der Waals surface area contributed by atoms with Crippen molar-refractivity contribution in [3.63, 3.8) is 0 Å². The molecule has 2 aliphatic rings. The molecule has 0 bridgehead atoms. The van der Waals surface area contributed by atoms with Crippen molar-refractivity contribution in [1.29, 1.82) is 0 Å². The van der Waals surface area contributed by atoms with Crippen molar-refractivity contribution in [2.24, 2.45) is 0 Å². The first-order chi connectivity index (χ1) is 8.42. The third-order valence-corrected chi connectivity index (χ3v) is 4.16. The largest absolute Gasteiger partial charge is 0.310 e. The van der Waals surface area contributed by atoms with Crippen molar-refractivity contribution < 1.29 is 0 Å². The highest BCUT2D eigenvalue weighted by atomic mass is 15.2. The van der Waals surface area contributed by atoms with Gasteiger partial charge in [-0.3, -0.25) is 4.98 Å². The van der Waals surface area contributed by atoms with Crippen molar-refractivity contribution >= 4 is 0 Å². The monoisotopic (exact) mass is 231 g/mol. The van der Waals surface area contributed by atoms with Crippen LogP contribution < -0.4 is 5.32 Å². The lowest BCUT2D eigenvalue weighted by Gasteiger charge is -2.35. The first kappa shape index (κ1) is 11.2. The molecule has 1 aromatic rings. The van der Waals surface area contributed by atoms with Crippen LogP contribution in [-0.4, -0.2) is 35.1 Å². The molecule has 2 unspecified atom stereocenters. The second-order valence-electron chi connectivity index (χ2n) is 5.29. The Hall–Kier alpha value is -0.930. The molecule has 1 aromatic heterocycles. The molecule has 1 N–H and O–H groups in total. The van der Waals surface area contributed by atoms with E-state index in [2.05, 4.69) is 27.3 Å². The molecule has 92 valence electrons. The molecule has 0 aliphatic carbocycles. The second kappa shape index (κ2) is 5.15. The first-order valence-corrected chi connectivity index (χ1v) is 6.78. The molecule has 17 heavy (non-hydrogen) atoms. The highest BCUT2D eigenvalue weighted by Crippen LogP contribution is 2.26. The van der Waals surface area contributed by atoms with Crippen molar-refractivity contribution in [3.8, 4) is 0 Å². The van der Waals surface area contributed by atoms with E-state index >= 15 is 0 Å². The lowest BCUT2D eigenvalue weighted by Crippen LogP contribution is -2.45. The molecule has 2 aliphatic heterocycles. The average Bonchev–Trinajstić information content (AvgIpc) is 2.85. The quantitative estimate of drug-likeness (QED) is 0.860. The summed E-state index contributed by atoms with van der Waals surface area (Å²) in [5.41, 5.74) is 1.34. The van der Waals surface area contributed by atoms with Gasteiger partial charge in [0.2, 0.25) is 0 Å². The lowest BCUT2D eigenvalue weighted by atomic mass is 9.97. The minimum absolute atomic E-state index is 0.711. The standard InChI is InChI=1S/C14H21N3/c1-2-14-10-13(5-9-17(14)8-1)16-11-12-3-6-15-7-4-12/h3-4,6-7,13-14,16H,1-2,5,8-11H2. The highest BCUT2D eigenvalue weighted by molar-refractivity contribution is 5.09. The van der Waals surface area contributed by atoms with Crippen LogP contribution in [0.3, 0.4) is 0 Å². The van der Waals surface area contributed by atoms with E-state index in [9.17, 15) is 0 Å². The van der Waals surface area contributed by atoms with Crippen molar-refractivity contribution in [3.05, 3.63) is 30.1 Å². The van der Waals surface area contributed by atoms with Gasteiger partial charge in [0.1, 0.15) is 0 Å². The predicted octanol–water partition coefficient (Wildman–Crippen LogP) is 1.80. The van der Waals surface area contributed by atoms with E-state index in [1.54, 1.807) is 0 Å². The van der Waals surface area contributed by atoms with Crippen molar-refractivity contribution in [1.82, 2.24) is 15.2 Å². The Morgan fingerprint density at radius 3 is 3.00 bits per heavy atom. The van der Waals surface area contributed by atoms with Crippen LogP contribution in [0.15, 0.2) is 24.5 Å². The Kier molecular flexibility index (Phi) is 3.39. The van der Waals surface area contributed by atoms with E-state index in [0.29, 0.717) is 6.04 Å². The van der Waals surface area contributed by atoms with E-state index in [1.807, 2.05) is 12.4 Å². The first-order valence-electron chi connectivity index (χ1n) is 6.78. The number of hydrogen-bond acceptors (Lipinski definition) is 3. The van der Waals surface area contributed by atoms with Crippen molar-refractivity contribution in [2.75, 3.05) is 13.1 Å². The Balaban J connectivity index is 1.50. The van der Waals surface area contributed by atoms with Gasteiger partial charge in [-0.25, -0.2) is 0 Å². The molecule has 2 atom stereocenters. The summed E-state index contributed by atoms with van der Waals surface area (Å²) < 4.78 is 0. The van der Waals surface area contributed by atoms with Crippen LogP contribution in [0.25, 0.3) is 0 Å². The van der Waals surface area contributed by atoms with E-state index in [0.717, 1.165) is 12.6 Å². The molecule has 3 heterocycles. The van der Waals surface area contributed by atoms with Gasteiger partial charge in [0.15, 0.2) is 0 Å². The number of aromatic nitrogens is 1. The number of piperidine rings is 1. The van der Waals surface area contributed by atoms with Crippen LogP contribution in [0.5, 0.6) is 0 Å². The summed E-state index contributed by atoms with van der Waals surface area (Å²) >= 11 is 0. The number of nitrogens with one attached hydrogen (secondary N) is 1. The number of pyridine rings is 1. The summed E-state index contributed by atoms with van der Waals surface area (Å²) in [6.07, 6.45) is 9.20. The zero-order valence-corrected chi connectivity index (χ0v) is 10.3. The van der Waals surface area contributed by atoms with Crippen LogP contribution in [-0.2, 0) is 6.54 Å². The number of fused-ring (bicyclic) bond motifs is 1. The average molecular weight is 231 g/mol. The molecule has 3 heteroatoms. The molecule has 2 fully saturated rings. The third kappa shape index (κ3) is 2.67. The fourth-order valence-corrected chi connectivity index (χ4v) is 3.17. The zero-order valence-electron chi connectivity index (χ0n) is 10.3. The molecule has 2 saturated heterocycles. The summed E-state index contributed by atoms with van der Waals surface area (Å²) in [4.78, 5) is 6.72. The van der Waals surface area contributed by atoms with Crippen molar-refractivity contribution in [2.45, 2.75) is 44.3 Å². The zero-order chi connectivity index (χ0) is 11.5. The Morgan fingerprint density at radius 1 is 1.24 bits per heavy atom. The SMILES string of the molecule is c1cc(CNC2CCN3CCCC3C2)ccn1. The van der Waals surface area contributed by atoms with Gasteiger partial charge in [-0.05, 0) is 56.5 Å². The minimum Gasteiger partial charge on any atom is -0.310 e. The summed E-state index contributed by atoms with van der Waals surface area (Å²) in [6, 6.07) is 5.76. The maximum absolute atomic E-state index is 4.05. The van der Waals surface area contributed by atoms with Crippen LogP contribution in [0, 0.1) is 0 Å². The van der Waals surface area contributed by atoms with Crippen LogP contribution in [0.4, 0.5) is 0 Å². The maximum Gasteiger partial charge on any atom is 0.0271 e. The van der Waals surface area contributed by atoms with Crippen LogP contribution in [0.1, 0.15) is 31.2 Å². The summed E-state index contributed by atoms with van der Waals surface area (Å²) in [6.45, 7) is 3.61. The van der Waals surface area contributed by atoms with Crippen LogP contribution in [0.2, 0.25) is 0 Å². The number of nitrogens with zero attached hydrogens (tertiary/aromatic N) is 2. The summed E-state index contributed by atoms with van der Waals surface area (Å²) in [5.74, 6) is 0. The molecule has 0 radical (unpaired) electrons. The molecular weight excluding hydrogens is 210 g/mol. The smallest absolute Gasteiger partial charge is 0.0271 e. The van der Waals surface area contributed by atoms with Gasteiger partial charge >= 0.3 is 0 Å². The Morgan fingerprint density at radius 2 is 2.12 bits per heavy atom. The molecule has 0 amide bonds. The minimum atomic E-state index is 0.711. The van der Waals surface area contributed by atoms with Gasteiger partial charge in [-0.15, -0.1) is 0 Å². The second-order valence-corrected chi connectivity index (χ2v) is 5.29. The Labute approximate surface area is 103 Å². The lowest BCUT2D eigenvalue weighted by molar-refractivity contribution is 0.166. The van der Waals surface area contributed by atoms with Gasteiger partial charge in [0.05, 0.1) is 0 Å². The summed E-state index contributed by atoms with van der Waals surface area (Å²) in [5, 5.41) is 3.70. The van der Waals surface area contributed by atoms with E-state index in [1.165, 1.54) is 44.3 Å². The van der Waals surface area contributed by atoms with E-state index in [4.69, 9.17) is 0 Å².